The van der Waals surface area contributed by atoms with Crippen LogP contribution in [0.15, 0.2) is 50.8 Å². The van der Waals surface area contributed by atoms with Crippen molar-refractivity contribution in [1.82, 2.24) is 9.66 Å². The zero-order valence-corrected chi connectivity index (χ0v) is 18.7. The summed E-state index contributed by atoms with van der Waals surface area (Å²) in [5.41, 5.74) is 5.27. The van der Waals surface area contributed by atoms with Gasteiger partial charge in [-0.15, -0.1) is 0 Å². The predicted molar refractivity (Wildman–Crippen MR) is 123 cm³/mol. The zero-order chi connectivity index (χ0) is 23.3. The molecule has 0 aliphatic carbocycles. The van der Waals surface area contributed by atoms with E-state index >= 15 is 0 Å². The first-order valence-corrected chi connectivity index (χ1v) is 10.5. The van der Waals surface area contributed by atoms with Gasteiger partial charge in [-0.2, -0.15) is 9.78 Å². The van der Waals surface area contributed by atoms with E-state index in [9.17, 15) is 19.7 Å². The molecular formula is C21H20BrN5O5. The lowest BCUT2D eigenvalue weighted by Gasteiger charge is -2.09. The number of amides is 1. The number of nitrogens with zero attached hydrogens (tertiary/aromatic N) is 4. The number of fused-ring (bicyclic) bond motifs is 1. The Kier molecular flexibility index (Phi) is 7.31. The lowest BCUT2D eigenvalue weighted by Crippen LogP contribution is -2.22. The minimum atomic E-state index is -0.751. The molecule has 2 aromatic carbocycles. The Morgan fingerprint density at radius 3 is 2.81 bits per heavy atom. The molecule has 0 saturated carbocycles. The summed E-state index contributed by atoms with van der Waals surface area (Å²) in [4.78, 5) is 39.3. The number of aryl methyl sites for hydroxylation is 1. The number of hydrogen-bond donors (Lipinski definition) is 1. The second-order valence-corrected chi connectivity index (χ2v) is 7.81. The van der Waals surface area contributed by atoms with Crippen molar-refractivity contribution in [3.05, 3.63) is 72.7 Å². The molecule has 10 nitrogen and oxygen atoms in total. The molecule has 0 aliphatic rings. The molecule has 166 valence electrons. The molecule has 0 unspecified atom stereocenters. The van der Waals surface area contributed by atoms with Crippen molar-refractivity contribution in [2.45, 2.75) is 26.2 Å². The monoisotopic (exact) mass is 501 g/mol. The van der Waals surface area contributed by atoms with Gasteiger partial charge in [0.05, 0.1) is 22.0 Å². The van der Waals surface area contributed by atoms with Gasteiger partial charge in [-0.3, -0.25) is 19.7 Å². The molecule has 3 rings (SSSR count). The van der Waals surface area contributed by atoms with Crippen LogP contribution in [0.5, 0.6) is 5.75 Å². The van der Waals surface area contributed by atoms with Crippen molar-refractivity contribution >= 4 is 44.6 Å². The molecule has 0 atom stereocenters. The molecule has 0 fully saturated rings. The number of primary amides is 1. The lowest BCUT2D eigenvalue weighted by atomic mass is 10.2. The van der Waals surface area contributed by atoms with E-state index in [0.717, 1.165) is 17.3 Å². The van der Waals surface area contributed by atoms with Crippen molar-refractivity contribution in [3.63, 3.8) is 0 Å². The highest BCUT2D eigenvalue weighted by atomic mass is 79.9. The second kappa shape index (κ2) is 10.1. The van der Waals surface area contributed by atoms with Gasteiger partial charge < -0.3 is 10.5 Å². The maximum absolute atomic E-state index is 13.1. The molecule has 0 radical (unpaired) electrons. The number of rotatable bonds is 9. The van der Waals surface area contributed by atoms with Crippen molar-refractivity contribution in [1.29, 1.82) is 0 Å². The number of carbonyl (C=O) groups is 1. The van der Waals surface area contributed by atoms with Gasteiger partial charge in [-0.1, -0.05) is 29.3 Å². The summed E-state index contributed by atoms with van der Waals surface area (Å²) in [7, 11) is 0. The number of nitro groups is 1. The molecule has 2 N–H and O–H groups in total. The topological polar surface area (TPSA) is 143 Å². The van der Waals surface area contributed by atoms with Crippen LogP contribution in [0, 0.1) is 10.1 Å². The molecule has 32 heavy (non-hydrogen) atoms. The number of unbranched alkanes of at least 4 members (excludes halogenated alkanes) is 1. The maximum atomic E-state index is 13.1. The van der Waals surface area contributed by atoms with Gasteiger partial charge in [-0.25, -0.2) is 4.98 Å². The number of nitro benzene ring substituents is 1. The number of nitrogens with two attached hydrogens (primary N) is 1. The second-order valence-electron chi connectivity index (χ2n) is 6.89. The van der Waals surface area contributed by atoms with E-state index in [1.807, 2.05) is 13.0 Å². The van der Waals surface area contributed by atoms with Crippen molar-refractivity contribution in [3.8, 4) is 5.75 Å². The highest BCUT2D eigenvalue weighted by Crippen LogP contribution is 2.27. The third-order valence-electron chi connectivity index (χ3n) is 4.50. The van der Waals surface area contributed by atoms with Crippen LogP contribution in [0.3, 0.4) is 0 Å². The van der Waals surface area contributed by atoms with Crippen LogP contribution in [-0.2, 0) is 11.2 Å². The highest BCUT2D eigenvalue weighted by molar-refractivity contribution is 9.10. The summed E-state index contributed by atoms with van der Waals surface area (Å²) >= 11 is 3.36. The Bertz CT molecular complexity index is 1270. The average molecular weight is 502 g/mol. The van der Waals surface area contributed by atoms with Crippen LogP contribution in [-0.4, -0.2) is 33.3 Å². The summed E-state index contributed by atoms with van der Waals surface area (Å²) in [5, 5.41) is 16.1. The van der Waals surface area contributed by atoms with E-state index < -0.39 is 17.4 Å². The van der Waals surface area contributed by atoms with Gasteiger partial charge in [0.15, 0.2) is 12.4 Å². The standard InChI is InChI=1S/C21H20BrN5O5/c1-2-3-4-20-25-16-7-6-14(22)10-15(16)21(29)26(20)24-11-13-5-8-18(32-12-19(23)28)17(9-13)27(30)31/h5-11H,2-4,12H2,1H3,(H2,23,28). The molecule has 11 heteroatoms. The molecule has 1 aromatic heterocycles. The van der Waals surface area contributed by atoms with Gasteiger partial charge in [-0.05, 0) is 36.8 Å². The smallest absolute Gasteiger partial charge is 0.311 e. The molecule has 0 aliphatic heterocycles. The Labute approximate surface area is 191 Å². The Morgan fingerprint density at radius 2 is 2.12 bits per heavy atom. The fraction of sp³-hybridized carbons (Fsp3) is 0.238. The highest BCUT2D eigenvalue weighted by Gasteiger charge is 2.17. The summed E-state index contributed by atoms with van der Waals surface area (Å²) in [6, 6.07) is 9.36. The summed E-state index contributed by atoms with van der Waals surface area (Å²) < 4.78 is 7.04. The fourth-order valence-corrected chi connectivity index (χ4v) is 3.32. The SMILES string of the molecule is CCCCc1nc2ccc(Br)cc2c(=O)n1N=Cc1ccc(OCC(N)=O)c([N+](=O)[O-])c1. The number of ether oxygens (including phenoxy) is 1. The van der Waals surface area contributed by atoms with Crippen LogP contribution in [0.25, 0.3) is 10.9 Å². The number of benzene rings is 2. The first kappa shape index (κ1) is 23.1. The Morgan fingerprint density at radius 1 is 1.34 bits per heavy atom. The molecule has 0 saturated heterocycles. The summed E-state index contributed by atoms with van der Waals surface area (Å²) in [6.45, 7) is 1.55. The fourth-order valence-electron chi connectivity index (χ4n) is 2.96. The van der Waals surface area contributed by atoms with Crippen LogP contribution in [0.4, 0.5) is 5.69 Å². The Hall–Kier alpha value is -3.60. The zero-order valence-electron chi connectivity index (χ0n) is 17.2. The largest absolute Gasteiger partial charge is 0.477 e. The van der Waals surface area contributed by atoms with Crippen molar-refractivity contribution in [2.75, 3.05) is 6.61 Å². The van der Waals surface area contributed by atoms with Crippen LogP contribution >= 0.6 is 15.9 Å². The first-order valence-electron chi connectivity index (χ1n) is 9.75. The van der Waals surface area contributed by atoms with E-state index in [-0.39, 0.29) is 17.0 Å². The molecule has 0 bridgehead atoms. The van der Waals surface area contributed by atoms with E-state index in [1.54, 1.807) is 12.1 Å². The molecule has 1 heterocycles. The normalized spacial score (nSPS) is 11.2. The van der Waals surface area contributed by atoms with Gasteiger partial charge in [0, 0.05) is 22.5 Å². The molecule has 0 spiro atoms. The molecule has 1 amide bonds. The van der Waals surface area contributed by atoms with E-state index in [4.69, 9.17) is 10.5 Å². The Balaban J connectivity index is 2.04. The van der Waals surface area contributed by atoms with E-state index in [2.05, 4.69) is 26.0 Å². The van der Waals surface area contributed by atoms with Crippen molar-refractivity contribution in [2.24, 2.45) is 10.8 Å². The van der Waals surface area contributed by atoms with E-state index in [1.165, 1.54) is 29.1 Å². The number of carbonyl (C=O) groups excluding carboxylic acids is 1. The minimum absolute atomic E-state index is 0.0935. The third-order valence-corrected chi connectivity index (χ3v) is 4.99. The van der Waals surface area contributed by atoms with Gasteiger partial charge in [0.1, 0.15) is 5.82 Å². The van der Waals surface area contributed by atoms with Gasteiger partial charge >= 0.3 is 5.69 Å². The summed E-state index contributed by atoms with van der Waals surface area (Å²) in [5.74, 6) is -0.345. The van der Waals surface area contributed by atoms with Gasteiger partial charge in [0.2, 0.25) is 0 Å². The maximum Gasteiger partial charge on any atom is 0.311 e. The third kappa shape index (κ3) is 5.35. The minimum Gasteiger partial charge on any atom is -0.477 e. The predicted octanol–water partition coefficient (Wildman–Crippen LogP) is 3.16. The molecule has 3 aromatic rings. The van der Waals surface area contributed by atoms with Crippen LogP contribution in [0.1, 0.15) is 31.2 Å². The van der Waals surface area contributed by atoms with Crippen molar-refractivity contribution < 1.29 is 14.5 Å². The lowest BCUT2D eigenvalue weighted by molar-refractivity contribution is -0.385. The van der Waals surface area contributed by atoms with E-state index in [0.29, 0.717) is 28.7 Å². The quantitative estimate of drug-likeness (QED) is 0.271. The van der Waals surface area contributed by atoms with Crippen LogP contribution in [0.2, 0.25) is 0 Å². The molecular weight excluding hydrogens is 482 g/mol. The van der Waals surface area contributed by atoms with Gasteiger partial charge in [0.25, 0.3) is 11.5 Å². The summed E-state index contributed by atoms with van der Waals surface area (Å²) in [6.07, 6.45) is 3.63. The number of aromatic nitrogens is 2. The number of halogens is 1. The van der Waals surface area contributed by atoms with Crippen LogP contribution < -0.4 is 16.0 Å². The first-order chi connectivity index (χ1) is 15.3. The average Bonchev–Trinajstić information content (AvgIpc) is 2.76. The number of hydrogen-bond acceptors (Lipinski definition) is 7.